The van der Waals surface area contributed by atoms with Crippen molar-refractivity contribution in [3.8, 4) is 0 Å². The van der Waals surface area contributed by atoms with Crippen LogP contribution in [0.3, 0.4) is 0 Å². The number of benzene rings is 1. The van der Waals surface area contributed by atoms with Crippen molar-refractivity contribution in [1.29, 1.82) is 0 Å². The number of hydrogen-bond acceptors (Lipinski definition) is 3. The van der Waals surface area contributed by atoms with Crippen molar-refractivity contribution in [3.05, 3.63) is 29.8 Å². The lowest BCUT2D eigenvalue weighted by Crippen LogP contribution is -2.36. The lowest BCUT2D eigenvalue weighted by atomic mass is 9.99. The van der Waals surface area contributed by atoms with E-state index in [4.69, 9.17) is 0 Å². The van der Waals surface area contributed by atoms with E-state index in [2.05, 4.69) is 10.0 Å². The Hall–Kier alpha value is -1.12. The average molecular weight is 322 g/mol. The molecule has 1 aliphatic rings. The van der Waals surface area contributed by atoms with Crippen LogP contribution in [-0.2, 0) is 16.2 Å². The van der Waals surface area contributed by atoms with Gasteiger partial charge in [0, 0.05) is 6.54 Å². The zero-order valence-electron chi connectivity index (χ0n) is 11.3. The molecule has 0 amide bonds. The molecule has 0 atom stereocenters. The van der Waals surface area contributed by atoms with Gasteiger partial charge in [0.05, 0.1) is 10.5 Å². The molecular formula is C13H17F3N2O2S. The minimum atomic E-state index is -4.69. The Labute approximate surface area is 121 Å². The van der Waals surface area contributed by atoms with Gasteiger partial charge in [0.2, 0.25) is 10.0 Å². The molecule has 4 nitrogen and oxygen atoms in total. The maximum absolute atomic E-state index is 12.9. The molecule has 0 saturated carbocycles. The summed E-state index contributed by atoms with van der Waals surface area (Å²) in [6.07, 6.45) is -3.08. The molecule has 0 unspecified atom stereocenters. The summed E-state index contributed by atoms with van der Waals surface area (Å²) in [6.45, 7) is 1.76. The van der Waals surface area contributed by atoms with E-state index in [0.717, 1.165) is 38.1 Å². The summed E-state index contributed by atoms with van der Waals surface area (Å²) in [6, 6.07) is 4.22. The molecule has 0 radical (unpaired) electrons. The number of alkyl halides is 3. The van der Waals surface area contributed by atoms with Crippen molar-refractivity contribution in [2.45, 2.75) is 23.9 Å². The fraction of sp³-hybridized carbons (Fsp3) is 0.538. The van der Waals surface area contributed by atoms with E-state index in [1.807, 2.05) is 0 Å². The molecule has 1 aromatic carbocycles. The third kappa shape index (κ3) is 4.18. The van der Waals surface area contributed by atoms with Gasteiger partial charge in [0.1, 0.15) is 0 Å². The lowest BCUT2D eigenvalue weighted by molar-refractivity contribution is -0.139. The summed E-state index contributed by atoms with van der Waals surface area (Å²) >= 11 is 0. The van der Waals surface area contributed by atoms with E-state index in [9.17, 15) is 21.6 Å². The summed E-state index contributed by atoms with van der Waals surface area (Å²) < 4.78 is 65.2. The third-order valence-corrected chi connectivity index (χ3v) is 4.98. The molecule has 0 bridgehead atoms. The van der Waals surface area contributed by atoms with E-state index in [1.54, 1.807) is 0 Å². The highest BCUT2D eigenvalue weighted by molar-refractivity contribution is 7.89. The van der Waals surface area contributed by atoms with Crippen molar-refractivity contribution in [2.24, 2.45) is 5.92 Å². The van der Waals surface area contributed by atoms with Crippen LogP contribution in [0.2, 0.25) is 0 Å². The molecule has 1 aliphatic heterocycles. The maximum Gasteiger partial charge on any atom is 0.417 e. The second-order valence-electron chi connectivity index (χ2n) is 5.04. The van der Waals surface area contributed by atoms with Crippen LogP contribution in [0.25, 0.3) is 0 Å². The molecule has 0 aromatic heterocycles. The Morgan fingerprint density at radius 2 is 1.81 bits per heavy atom. The Morgan fingerprint density at radius 1 is 1.19 bits per heavy atom. The van der Waals surface area contributed by atoms with E-state index in [0.29, 0.717) is 0 Å². The minimum absolute atomic E-state index is 0.152. The first-order valence-electron chi connectivity index (χ1n) is 6.67. The van der Waals surface area contributed by atoms with E-state index >= 15 is 0 Å². The Morgan fingerprint density at radius 3 is 2.43 bits per heavy atom. The molecule has 8 heteroatoms. The fourth-order valence-corrected chi connectivity index (χ4v) is 3.67. The van der Waals surface area contributed by atoms with Gasteiger partial charge in [0.15, 0.2) is 0 Å². The summed E-state index contributed by atoms with van der Waals surface area (Å²) in [5.74, 6) is 0.152. The molecule has 118 valence electrons. The van der Waals surface area contributed by atoms with Gasteiger partial charge in [-0.3, -0.25) is 0 Å². The van der Waals surface area contributed by atoms with Crippen molar-refractivity contribution in [2.75, 3.05) is 19.6 Å². The molecule has 1 fully saturated rings. The Kier molecular flexibility index (Phi) is 4.90. The highest BCUT2D eigenvalue weighted by atomic mass is 32.2. The van der Waals surface area contributed by atoms with Gasteiger partial charge >= 0.3 is 6.18 Å². The number of hydrogen-bond donors (Lipinski definition) is 2. The topological polar surface area (TPSA) is 58.2 Å². The molecular weight excluding hydrogens is 305 g/mol. The molecule has 2 N–H and O–H groups in total. The Bertz CT molecular complexity index is 581. The highest BCUT2D eigenvalue weighted by Crippen LogP contribution is 2.33. The standard InChI is InChI=1S/C13H17F3N2O2S/c14-13(15,16)11-3-1-2-4-12(11)21(19,20)18-9-10-5-7-17-8-6-10/h1-4,10,17-18H,5-9H2. The second kappa shape index (κ2) is 6.33. The van der Waals surface area contributed by atoms with Crippen LogP contribution in [0.4, 0.5) is 13.2 Å². The van der Waals surface area contributed by atoms with Gasteiger partial charge in [0.25, 0.3) is 0 Å². The van der Waals surface area contributed by atoms with E-state index in [1.165, 1.54) is 12.1 Å². The summed E-state index contributed by atoms with van der Waals surface area (Å²) in [7, 11) is -4.16. The first-order chi connectivity index (χ1) is 9.81. The van der Waals surface area contributed by atoms with Gasteiger partial charge in [-0.15, -0.1) is 0 Å². The van der Waals surface area contributed by atoms with Gasteiger partial charge in [-0.1, -0.05) is 12.1 Å². The van der Waals surface area contributed by atoms with Crippen molar-refractivity contribution >= 4 is 10.0 Å². The van der Waals surface area contributed by atoms with Crippen LogP contribution in [0.15, 0.2) is 29.2 Å². The van der Waals surface area contributed by atoms with Gasteiger partial charge < -0.3 is 5.32 Å². The molecule has 0 spiro atoms. The monoisotopic (exact) mass is 322 g/mol. The van der Waals surface area contributed by atoms with Crippen LogP contribution in [-0.4, -0.2) is 28.1 Å². The summed E-state index contributed by atoms with van der Waals surface area (Å²) in [5.41, 5.74) is -1.14. The first-order valence-corrected chi connectivity index (χ1v) is 8.15. The second-order valence-corrected chi connectivity index (χ2v) is 6.77. The normalized spacial score (nSPS) is 17.9. The van der Waals surface area contributed by atoms with Crippen LogP contribution in [0.1, 0.15) is 18.4 Å². The number of sulfonamides is 1. The predicted molar refractivity (Wildman–Crippen MR) is 72.2 cm³/mol. The third-order valence-electron chi connectivity index (χ3n) is 3.50. The van der Waals surface area contributed by atoms with Gasteiger partial charge in [-0.05, 0) is 44.0 Å². The zero-order valence-corrected chi connectivity index (χ0v) is 12.1. The first kappa shape index (κ1) is 16.3. The van der Waals surface area contributed by atoms with Crippen molar-refractivity contribution < 1.29 is 21.6 Å². The fourth-order valence-electron chi connectivity index (χ4n) is 2.33. The zero-order chi connectivity index (χ0) is 15.5. The number of halogens is 3. The number of piperidine rings is 1. The number of nitrogens with one attached hydrogen (secondary N) is 2. The molecule has 1 aromatic rings. The van der Waals surface area contributed by atoms with Crippen LogP contribution in [0, 0.1) is 5.92 Å². The van der Waals surface area contributed by atoms with Gasteiger partial charge in [-0.25, -0.2) is 13.1 Å². The van der Waals surface area contributed by atoms with E-state index < -0.39 is 26.7 Å². The minimum Gasteiger partial charge on any atom is -0.317 e. The van der Waals surface area contributed by atoms with Crippen molar-refractivity contribution in [1.82, 2.24) is 10.0 Å². The largest absolute Gasteiger partial charge is 0.417 e. The van der Waals surface area contributed by atoms with Crippen LogP contribution in [0.5, 0.6) is 0 Å². The van der Waals surface area contributed by atoms with Crippen LogP contribution < -0.4 is 10.0 Å². The molecule has 21 heavy (non-hydrogen) atoms. The maximum atomic E-state index is 12.9. The molecule has 1 heterocycles. The molecule has 0 aliphatic carbocycles. The SMILES string of the molecule is O=S(=O)(NCC1CCNCC1)c1ccccc1C(F)(F)F. The number of rotatable bonds is 4. The van der Waals surface area contributed by atoms with Gasteiger partial charge in [-0.2, -0.15) is 13.2 Å². The summed E-state index contributed by atoms with van der Waals surface area (Å²) in [5, 5.41) is 3.15. The quantitative estimate of drug-likeness (QED) is 0.891. The lowest BCUT2D eigenvalue weighted by Gasteiger charge is -2.23. The molecule has 1 saturated heterocycles. The van der Waals surface area contributed by atoms with E-state index in [-0.39, 0.29) is 12.5 Å². The Balaban J connectivity index is 2.16. The predicted octanol–water partition coefficient (Wildman–Crippen LogP) is 1.98. The van der Waals surface area contributed by atoms with Crippen LogP contribution >= 0.6 is 0 Å². The highest BCUT2D eigenvalue weighted by Gasteiger charge is 2.36. The summed E-state index contributed by atoms with van der Waals surface area (Å²) in [4.78, 5) is -0.716. The van der Waals surface area contributed by atoms with Crippen molar-refractivity contribution in [3.63, 3.8) is 0 Å². The molecule has 2 rings (SSSR count). The smallest absolute Gasteiger partial charge is 0.317 e. The average Bonchev–Trinajstić information content (AvgIpc) is 2.45.